The first-order chi connectivity index (χ1) is 10.8. The molecule has 0 N–H and O–H groups in total. The molecule has 2 heterocycles. The summed E-state index contributed by atoms with van der Waals surface area (Å²) in [5, 5.41) is 0.524. The van der Waals surface area contributed by atoms with Crippen molar-refractivity contribution in [3.63, 3.8) is 0 Å². The quantitative estimate of drug-likeness (QED) is 0.731. The number of thiocarbonyl (C=S) groups is 1. The lowest BCUT2D eigenvalue weighted by Crippen LogP contribution is -2.43. The maximum Gasteiger partial charge on any atom is 0.241 e. The van der Waals surface area contributed by atoms with Crippen LogP contribution in [-0.4, -0.2) is 73.5 Å². The van der Waals surface area contributed by atoms with Gasteiger partial charge in [0.2, 0.25) is 5.91 Å². The molecule has 0 spiro atoms. The predicted molar refractivity (Wildman–Crippen MR) is 93.1 cm³/mol. The van der Waals surface area contributed by atoms with E-state index in [2.05, 4.69) is 0 Å². The van der Waals surface area contributed by atoms with Gasteiger partial charge < -0.3 is 14.7 Å². The summed E-state index contributed by atoms with van der Waals surface area (Å²) in [6, 6.07) is 9.01. The van der Waals surface area contributed by atoms with E-state index in [1.54, 1.807) is 19.0 Å². The average Bonchev–Trinajstić information content (AvgIpc) is 2.91. The van der Waals surface area contributed by atoms with Gasteiger partial charge in [0.25, 0.3) is 0 Å². The van der Waals surface area contributed by atoms with Gasteiger partial charge in [0.15, 0.2) is 14.9 Å². The SMILES string of the molecule is CN(C)C(=O)CN1C(=S)N(c2ccccc2)[C@H]2CS(=O)(=O)C[C@@H]21. The zero-order chi connectivity index (χ0) is 16.8. The Bertz CT molecular complexity index is 734. The molecule has 2 aliphatic heterocycles. The van der Waals surface area contributed by atoms with E-state index in [0.717, 1.165) is 5.69 Å². The molecule has 3 rings (SSSR count). The van der Waals surface area contributed by atoms with Crippen molar-refractivity contribution in [1.29, 1.82) is 0 Å². The zero-order valence-corrected chi connectivity index (χ0v) is 14.7. The smallest absolute Gasteiger partial charge is 0.241 e. The number of hydrogen-bond donors (Lipinski definition) is 0. The Morgan fingerprint density at radius 1 is 1.22 bits per heavy atom. The van der Waals surface area contributed by atoms with Gasteiger partial charge in [-0.3, -0.25) is 4.79 Å². The highest BCUT2D eigenvalue weighted by molar-refractivity contribution is 7.91. The van der Waals surface area contributed by atoms with E-state index in [-0.39, 0.29) is 36.0 Å². The molecule has 0 bridgehead atoms. The van der Waals surface area contributed by atoms with Gasteiger partial charge in [-0.15, -0.1) is 0 Å². The second kappa shape index (κ2) is 5.76. The Morgan fingerprint density at radius 3 is 2.43 bits per heavy atom. The maximum atomic E-state index is 12.1. The average molecular weight is 353 g/mol. The summed E-state index contributed by atoms with van der Waals surface area (Å²) in [5.74, 6) is 0.0200. The molecule has 0 aliphatic carbocycles. The molecule has 23 heavy (non-hydrogen) atoms. The van der Waals surface area contributed by atoms with Crippen LogP contribution in [0, 0.1) is 0 Å². The van der Waals surface area contributed by atoms with E-state index in [1.807, 2.05) is 35.2 Å². The number of carbonyl (C=O) groups is 1. The van der Waals surface area contributed by atoms with Crippen LogP contribution in [0.25, 0.3) is 0 Å². The zero-order valence-electron chi connectivity index (χ0n) is 13.0. The Morgan fingerprint density at radius 2 is 1.83 bits per heavy atom. The number of fused-ring (bicyclic) bond motifs is 1. The summed E-state index contributed by atoms with van der Waals surface area (Å²) in [6.45, 7) is 0.103. The lowest BCUT2D eigenvalue weighted by Gasteiger charge is -2.26. The molecule has 0 saturated carbocycles. The molecule has 2 aliphatic rings. The van der Waals surface area contributed by atoms with Gasteiger partial charge in [0.05, 0.1) is 30.1 Å². The van der Waals surface area contributed by atoms with Crippen molar-refractivity contribution in [2.24, 2.45) is 0 Å². The fourth-order valence-corrected chi connectivity index (χ4v) is 5.53. The molecule has 1 aromatic carbocycles. The largest absolute Gasteiger partial charge is 0.347 e. The first-order valence-electron chi connectivity index (χ1n) is 7.35. The molecule has 2 fully saturated rings. The van der Waals surface area contributed by atoms with Crippen LogP contribution in [0.5, 0.6) is 0 Å². The molecule has 0 aromatic heterocycles. The van der Waals surface area contributed by atoms with Crippen molar-refractivity contribution < 1.29 is 13.2 Å². The second-order valence-electron chi connectivity index (χ2n) is 6.12. The highest BCUT2D eigenvalue weighted by Crippen LogP contribution is 2.34. The third kappa shape index (κ3) is 2.92. The van der Waals surface area contributed by atoms with Crippen molar-refractivity contribution in [3.8, 4) is 0 Å². The monoisotopic (exact) mass is 353 g/mol. The van der Waals surface area contributed by atoms with E-state index in [9.17, 15) is 13.2 Å². The van der Waals surface area contributed by atoms with E-state index < -0.39 is 9.84 Å². The van der Waals surface area contributed by atoms with Crippen molar-refractivity contribution in [2.75, 3.05) is 37.0 Å². The fraction of sp³-hybridized carbons (Fsp3) is 0.467. The van der Waals surface area contributed by atoms with Crippen LogP contribution in [-0.2, 0) is 14.6 Å². The normalized spacial score (nSPS) is 25.6. The summed E-state index contributed by atoms with van der Waals surface area (Å²) in [4.78, 5) is 17.2. The van der Waals surface area contributed by atoms with Crippen molar-refractivity contribution in [2.45, 2.75) is 12.1 Å². The summed E-state index contributed by atoms with van der Waals surface area (Å²) in [6.07, 6.45) is 0. The molecule has 8 heteroatoms. The molecule has 1 aromatic rings. The fourth-order valence-electron chi connectivity index (χ4n) is 3.14. The lowest BCUT2D eigenvalue weighted by molar-refractivity contribution is -0.129. The Kier molecular flexibility index (Phi) is 4.05. The van der Waals surface area contributed by atoms with Crippen molar-refractivity contribution in [3.05, 3.63) is 30.3 Å². The topological polar surface area (TPSA) is 60.9 Å². The molecule has 2 saturated heterocycles. The van der Waals surface area contributed by atoms with E-state index >= 15 is 0 Å². The van der Waals surface area contributed by atoms with Gasteiger partial charge in [-0.1, -0.05) is 18.2 Å². The van der Waals surface area contributed by atoms with E-state index in [1.165, 1.54) is 4.90 Å². The summed E-state index contributed by atoms with van der Waals surface area (Å²) in [7, 11) is 0.233. The minimum atomic E-state index is -3.13. The van der Waals surface area contributed by atoms with Crippen molar-refractivity contribution in [1.82, 2.24) is 9.80 Å². The number of benzene rings is 1. The van der Waals surface area contributed by atoms with E-state index in [4.69, 9.17) is 12.2 Å². The minimum Gasteiger partial charge on any atom is -0.347 e. The summed E-state index contributed by atoms with van der Waals surface area (Å²) >= 11 is 5.56. The first kappa shape index (κ1) is 16.2. The van der Waals surface area contributed by atoms with Crippen LogP contribution in [0.4, 0.5) is 5.69 Å². The first-order valence-corrected chi connectivity index (χ1v) is 9.58. The number of carbonyl (C=O) groups excluding carboxylic acids is 1. The Labute approximate surface area is 141 Å². The molecular formula is C15H19N3O3S2. The molecule has 2 atom stereocenters. The number of nitrogens with zero attached hydrogens (tertiary/aromatic N) is 3. The van der Waals surface area contributed by atoms with Gasteiger partial charge in [0.1, 0.15) is 0 Å². The van der Waals surface area contributed by atoms with Gasteiger partial charge in [0, 0.05) is 19.8 Å². The maximum absolute atomic E-state index is 12.1. The molecule has 0 unspecified atom stereocenters. The summed E-state index contributed by atoms with van der Waals surface area (Å²) in [5.41, 5.74) is 0.865. The number of amides is 1. The molecular weight excluding hydrogens is 334 g/mol. The van der Waals surface area contributed by atoms with Crippen LogP contribution >= 0.6 is 12.2 Å². The van der Waals surface area contributed by atoms with Crippen LogP contribution < -0.4 is 4.90 Å². The number of anilines is 1. The van der Waals surface area contributed by atoms with Gasteiger partial charge in [-0.05, 0) is 24.4 Å². The highest BCUT2D eigenvalue weighted by Gasteiger charge is 2.52. The molecule has 1 amide bonds. The number of likely N-dealkylation sites (N-methyl/N-ethyl adjacent to an activating group) is 1. The van der Waals surface area contributed by atoms with E-state index in [0.29, 0.717) is 5.11 Å². The van der Waals surface area contributed by atoms with Gasteiger partial charge >= 0.3 is 0 Å². The minimum absolute atomic E-state index is 0.0435. The molecule has 6 nitrogen and oxygen atoms in total. The number of para-hydroxylation sites is 1. The van der Waals surface area contributed by atoms with Crippen LogP contribution in [0.1, 0.15) is 0 Å². The highest BCUT2D eigenvalue weighted by atomic mass is 32.2. The summed E-state index contributed by atoms with van der Waals surface area (Å²) < 4.78 is 24.2. The van der Waals surface area contributed by atoms with Crippen LogP contribution in [0.2, 0.25) is 0 Å². The standard InChI is InChI=1S/C15H19N3O3S2/c1-16(2)14(19)8-17-12-9-23(20,21)10-13(12)18(15(17)22)11-6-4-3-5-7-11/h3-7,12-13H,8-10H2,1-2H3/t12-,13-/m0/s1. The third-order valence-corrected chi connectivity index (χ3v) is 6.45. The van der Waals surface area contributed by atoms with Gasteiger partial charge in [-0.2, -0.15) is 0 Å². The number of hydrogen-bond acceptors (Lipinski definition) is 4. The Balaban J connectivity index is 1.96. The second-order valence-corrected chi connectivity index (χ2v) is 8.63. The number of sulfone groups is 1. The van der Waals surface area contributed by atoms with Crippen molar-refractivity contribution >= 4 is 38.8 Å². The predicted octanol–water partition coefficient (Wildman–Crippen LogP) is 0.347. The number of rotatable bonds is 3. The molecule has 124 valence electrons. The lowest BCUT2D eigenvalue weighted by atomic mass is 10.1. The molecule has 0 radical (unpaired) electrons. The van der Waals surface area contributed by atoms with Crippen LogP contribution in [0.15, 0.2) is 30.3 Å². The van der Waals surface area contributed by atoms with Gasteiger partial charge in [-0.25, -0.2) is 8.42 Å². The third-order valence-electron chi connectivity index (χ3n) is 4.32. The Hall–Kier alpha value is -1.67. The van der Waals surface area contributed by atoms with Crippen LogP contribution in [0.3, 0.4) is 0 Å².